The number of imidazole rings is 1. The summed E-state index contributed by atoms with van der Waals surface area (Å²) in [4.78, 5) is 37.3. The van der Waals surface area contributed by atoms with E-state index in [0.29, 0.717) is 39.6 Å². The lowest BCUT2D eigenvalue weighted by Gasteiger charge is -2.17. The molecule has 0 aliphatic rings. The third-order valence-corrected chi connectivity index (χ3v) is 5.50. The number of anilines is 1. The van der Waals surface area contributed by atoms with Gasteiger partial charge in [0.25, 0.3) is 5.91 Å². The van der Waals surface area contributed by atoms with Crippen LogP contribution < -0.4 is 5.32 Å². The number of carbonyl (C=O) groups is 2. The molecule has 2 heterocycles. The zero-order valence-electron chi connectivity index (χ0n) is 17.6. The van der Waals surface area contributed by atoms with Gasteiger partial charge in [0.2, 0.25) is 0 Å². The minimum absolute atomic E-state index is 0.323. The quantitative estimate of drug-likeness (QED) is 0.397. The standard InChI is InChI=1S/C24H21ClN4O3/c1-3-21(23(30)29-18-8-4-7-17(25)14(18)2)32-24(31)15-9-10-19-20(12-15)28-22(27-19)16-6-5-11-26-13-16/h4-13,21H,3H2,1-2H3,(H,27,28)(H,29,30). The fourth-order valence-electron chi connectivity index (χ4n) is 3.25. The molecule has 0 saturated carbocycles. The van der Waals surface area contributed by atoms with E-state index in [0.717, 1.165) is 11.1 Å². The highest BCUT2D eigenvalue weighted by Crippen LogP contribution is 2.24. The largest absolute Gasteiger partial charge is 0.449 e. The number of ether oxygens (including phenoxy) is 1. The van der Waals surface area contributed by atoms with Crippen molar-refractivity contribution in [3.8, 4) is 11.4 Å². The number of rotatable bonds is 6. The molecule has 1 amide bonds. The predicted molar refractivity (Wildman–Crippen MR) is 124 cm³/mol. The Morgan fingerprint density at radius 2 is 2.03 bits per heavy atom. The summed E-state index contributed by atoms with van der Waals surface area (Å²) >= 11 is 6.12. The first-order valence-electron chi connectivity index (χ1n) is 10.1. The summed E-state index contributed by atoms with van der Waals surface area (Å²) in [6.45, 7) is 3.59. The SMILES string of the molecule is CCC(OC(=O)c1ccc2nc(-c3cccnc3)[nH]c2c1)C(=O)Nc1cccc(Cl)c1C. The molecule has 0 aliphatic heterocycles. The number of nitrogens with zero attached hydrogens (tertiary/aromatic N) is 2. The van der Waals surface area contributed by atoms with Gasteiger partial charge in [-0.25, -0.2) is 9.78 Å². The van der Waals surface area contributed by atoms with Crippen molar-refractivity contribution in [3.05, 3.63) is 77.1 Å². The maximum absolute atomic E-state index is 12.7. The summed E-state index contributed by atoms with van der Waals surface area (Å²) in [5.41, 5.74) is 3.89. The Morgan fingerprint density at radius 3 is 2.78 bits per heavy atom. The van der Waals surface area contributed by atoms with Crippen LogP contribution in [0.4, 0.5) is 5.69 Å². The van der Waals surface area contributed by atoms with Gasteiger partial charge in [-0.15, -0.1) is 0 Å². The van der Waals surface area contributed by atoms with Crippen molar-refractivity contribution in [1.82, 2.24) is 15.0 Å². The first-order valence-corrected chi connectivity index (χ1v) is 10.5. The van der Waals surface area contributed by atoms with Crippen LogP contribution >= 0.6 is 11.6 Å². The zero-order valence-corrected chi connectivity index (χ0v) is 18.3. The van der Waals surface area contributed by atoms with E-state index in [1.54, 1.807) is 55.7 Å². The number of nitrogens with one attached hydrogen (secondary N) is 2. The van der Waals surface area contributed by atoms with E-state index in [4.69, 9.17) is 16.3 Å². The van der Waals surface area contributed by atoms with Crippen molar-refractivity contribution in [3.63, 3.8) is 0 Å². The van der Waals surface area contributed by atoms with Gasteiger partial charge in [-0.05, 0) is 61.4 Å². The van der Waals surface area contributed by atoms with E-state index in [1.807, 2.05) is 19.1 Å². The number of pyridine rings is 1. The van der Waals surface area contributed by atoms with E-state index in [2.05, 4.69) is 20.3 Å². The van der Waals surface area contributed by atoms with Crippen LogP contribution in [0.5, 0.6) is 0 Å². The Hall–Kier alpha value is -3.71. The second kappa shape index (κ2) is 9.20. The van der Waals surface area contributed by atoms with Crippen molar-refractivity contribution < 1.29 is 14.3 Å². The normalized spacial score (nSPS) is 11.8. The number of aromatic amines is 1. The van der Waals surface area contributed by atoms with E-state index in [1.165, 1.54) is 0 Å². The Morgan fingerprint density at radius 1 is 1.19 bits per heavy atom. The lowest BCUT2D eigenvalue weighted by Crippen LogP contribution is -2.32. The van der Waals surface area contributed by atoms with Gasteiger partial charge in [-0.2, -0.15) is 0 Å². The molecule has 0 aliphatic carbocycles. The molecule has 4 rings (SSSR count). The number of aromatic nitrogens is 3. The number of H-pyrrole nitrogens is 1. The highest BCUT2D eigenvalue weighted by atomic mass is 35.5. The second-order valence-electron chi connectivity index (χ2n) is 7.26. The smallest absolute Gasteiger partial charge is 0.338 e. The van der Waals surface area contributed by atoms with Crippen LogP contribution in [0.3, 0.4) is 0 Å². The fraction of sp³-hybridized carbons (Fsp3) is 0.167. The molecule has 162 valence electrons. The molecule has 0 fully saturated rings. The molecule has 2 aromatic carbocycles. The maximum Gasteiger partial charge on any atom is 0.338 e. The van der Waals surface area contributed by atoms with Crippen LogP contribution in [0.25, 0.3) is 22.4 Å². The van der Waals surface area contributed by atoms with Crippen LogP contribution in [0, 0.1) is 6.92 Å². The number of hydrogen-bond donors (Lipinski definition) is 2. The van der Waals surface area contributed by atoms with Gasteiger partial charge in [0, 0.05) is 28.7 Å². The summed E-state index contributed by atoms with van der Waals surface area (Å²) in [6, 6.07) is 14.0. The lowest BCUT2D eigenvalue weighted by atomic mass is 10.1. The van der Waals surface area contributed by atoms with Crippen LogP contribution in [-0.2, 0) is 9.53 Å². The fourth-order valence-corrected chi connectivity index (χ4v) is 3.43. The average molecular weight is 449 g/mol. The summed E-state index contributed by atoms with van der Waals surface area (Å²) in [7, 11) is 0. The molecular formula is C24H21ClN4O3. The molecule has 0 bridgehead atoms. The maximum atomic E-state index is 12.7. The monoisotopic (exact) mass is 448 g/mol. The topological polar surface area (TPSA) is 97.0 Å². The predicted octanol–water partition coefficient (Wildman–Crippen LogP) is 5.16. The minimum atomic E-state index is -0.940. The summed E-state index contributed by atoms with van der Waals surface area (Å²) in [5, 5.41) is 3.33. The van der Waals surface area contributed by atoms with Gasteiger partial charge in [0.1, 0.15) is 5.82 Å². The molecule has 7 nitrogen and oxygen atoms in total. The molecular weight excluding hydrogens is 428 g/mol. The molecule has 8 heteroatoms. The molecule has 2 N–H and O–H groups in total. The van der Waals surface area contributed by atoms with Crippen LogP contribution in [0.2, 0.25) is 5.02 Å². The number of amides is 1. The molecule has 0 radical (unpaired) electrons. The first kappa shape index (κ1) is 21.5. The number of carbonyl (C=O) groups excluding carboxylic acids is 2. The van der Waals surface area contributed by atoms with Crippen LogP contribution in [0.15, 0.2) is 60.9 Å². The van der Waals surface area contributed by atoms with Crippen molar-refractivity contribution in [2.45, 2.75) is 26.4 Å². The molecule has 4 aromatic rings. The van der Waals surface area contributed by atoms with E-state index in [9.17, 15) is 9.59 Å². The third-order valence-electron chi connectivity index (χ3n) is 5.09. The zero-order chi connectivity index (χ0) is 22.7. The average Bonchev–Trinajstić information content (AvgIpc) is 3.24. The summed E-state index contributed by atoms with van der Waals surface area (Å²) in [6.07, 6.45) is 2.78. The van der Waals surface area contributed by atoms with E-state index in [-0.39, 0.29) is 0 Å². The van der Waals surface area contributed by atoms with Gasteiger partial charge in [0.05, 0.1) is 16.6 Å². The molecule has 2 aromatic heterocycles. The first-order chi connectivity index (χ1) is 15.5. The molecule has 0 saturated heterocycles. The Balaban J connectivity index is 1.50. The lowest BCUT2D eigenvalue weighted by molar-refractivity contribution is -0.124. The molecule has 0 spiro atoms. The van der Waals surface area contributed by atoms with Gasteiger partial charge >= 0.3 is 5.97 Å². The van der Waals surface area contributed by atoms with Gasteiger partial charge < -0.3 is 15.0 Å². The van der Waals surface area contributed by atoms with Gasteiger partial charge in [-0.1, -0.05) is 24.6 Å². The Bertz CT molecular complexity index is 1290. The third kappa shape index (κ3) is 4.48. The summed E-state index contributed by atoms with van der Waals surface area (Å²) < 4.78 is 5.50. The summed E-state index contributed by atoms with van der Waals surface area (Å²) in [5.74, 6) is -0.344. The van der Waals surface area contributed by atoms with Gasteiger partial charge in [0.15, 0.2) is 6.10 Å². The minimum Gasteiger partial charge on any atom is -0.449 e. The van der Waals surface area contributed by atoms with E-state index < -0.39 is 18.0 Å². The highest BCUT2D eigenvalue weighted by molar-refractivity contribution is 6.31. The van der Waals surface area contributed by atoms with Crippen LogP contribution in [-0.4, -0.2) is 32.9 Å². The van der Waals surface area contributed by atoms with Crippen LogP contribution in [0.1, 0.15) is 29.3 Å². The van der Waals surface area contributed by atoms with Crippen molar-refractivity contribution in [2.75, 3.05) is 5.32 Å². The number of hydrogen-bond acceptors (Lipinski definition) is 5. The molecule has 32 heavy (non-hydrogen) atoms. The van der Waals surface area contributed by atoms with Crippen molar-refractivity contribution >= 4 is 40.2 Å². The number of benzene rings is 2. The van der Waals surface area contributed by atoms with E-state index >= 15 is 0 Å². The number of halogens is 1. The second-order valence-corrected chi connectivity index (χ2v) is 7.67. The van der Waals surface area contributed by atoms with Crippen molar-refractivity contribution in [2.24, 2.45) is 0 Å². The van der Waals surface area contributed by atoms with Gasteiger partial charge in [-0.3, -0.25) is 9.78 Å². The number of fused-ring (bicyclic) bond motifs is 1. The van der Waals surface area contributed by atoms with Crippen molar-refractivity contribution in [1.29, 1.82) is 0 Å². The highest BCUT2D eigenvalue weighted by Gasteiger charge is 2.23. The molecule has 1 unspecified atom stereocenters. The number of esters is 1. The Labute approximate surface area is 189 Å². The molecule has 1 atom stereocenters. The Kier molecular flexibility index (Phi) is 6.18.